The van der Waals surface area contributed by atoms with Crippen LogP contribution in [0.5, 0.6) is 0 Å². The Morgan fingerprint density at radius 1 is 1.45 bits per heavy atom. The predicted molar refractivity (Wildman–Crippen MR) is 46.5 cm³/mol. The first-order valence-corrected chi connectivity index (χ1v) is 3.80. The fourth-order valence-corrected chi connectivity index (χ4v) is 0.992. The van der Waals surface area contributed by atoms with Crippen LogP contribution in [0.3, 0.4) is 0 Å². The summed E-state index contributed by atoms with van der Waals surface area (Å²) in [5, 5.41) is 11.4. The molecule has 1 aromatic rings. The van der Waals surface area contributed by atoms with Gasteiger partial charge < -0.3 is 10.4 Å². The first kappa shape index (κ1) is 8.08. The van der Waals surface area contributed by atoms with E-state index in [9.17, 15) is 0 Å². The van der Waals surface area contributed by atoms with Gasteiger partial charge in [0.05, 0.1) is 0 Å². The molecule has 0 fully saturated rings. The molecule has 11 heavy (non-hydrogen) atoms. The molecular formula is C9H13NO. The van der Waals surface area contributed by atoms with Gasteiger partial charge >= 0.3 is 0 Å². The highest BCUT2D eigenvalue weighted by Crippen LogP contribution is 2.09. The van der Waals surface area contributed by atoms with Crippen LogP contribution in [0.4, 0.5) is 5.69 Å². The molecule has 0 aliphatic carbocycles. The van der Waals surface area contributed by atoms with Crippen LogP contribution in [0, 0.1) is 0 Å². The van der Waals surface area contributed by atoms with Crippen molar-refractivity contribution < 1.29 is 5.11 Å². The van der Waals surface area contributed by atoms with Crippen LogP contribution in [0.1, 0.15) is 12.5 Å². The standard InChI is InChI=1S/C9H13NO/c1-2-8-4-3-5-9(6-8)10-7-11/h3-6,10-11H,2,7H2,1H3. The Morgan fingerprint density at radius 3 is 2.91 bits per heavy atom. The molecule has 0 bridgehead atoms. The van der Waals surface area contributed by atoms with Crippen molar-refractivity contribution in [2.75, 3.05) is 12.0 Å². The molecule has 0 atom stereocenters. The second kappa shape index (κ2) is 3.98. The molecule has 0 saturated heterocycles. The van der Waals surface area contributed by atoms with Crippen molar-refractivity contribution in [1.82, 2.24) is 0 Å². The zero-order chi connectivity index (χ0) is 8.10. The van der Waals surface area contributed by atoms with E-state index in [0.717, 1.165) is 12.1 Å². The number of nitrogens with one attached hydrogen (secondary N) is 1. The molecule has 0 heterocycles. The lowest BCUT2D eigenvalue weighted by molar-refractivity contribution is 0.325. The summed E-state index contributed by atoms with van der Waals surface area (Å²) in [6.07, 6.45) is 1.03. The van der Waals surface area contributed by atoms with Crippen LogP contribution in [-0.2, 0) is 6.42 Å². The lowest BCUT2D eigenvalue weighted by atomic mass is 10.1. The van der Waals surface area contributed by atoms with Crippen molar-refractivity contribution in [2.45, 2.75) is 13.3 Å². The Hall–Kier alpha value is -1.02. The number of aliphatic hydroxyl groups is 1. The fraction of sp³-hybridized carbons (Fsp3) is 0.333. The largest absolute Gasteiger partial charge is 0.377 e. The molecule has 0 aliphatic heterocycles. The minimum atomic E-state index is -0.00678. The molecule has 0 spiro atoms. The predicted octanol–water partition coefficient (Wildman–Crippen LogP) is 1.61. The van der Waals surface area contributed by atoms with E-state index in [1.54, 1.807) is 0 Å². The van der Waals surface area contributed by atoms with E-state index in [2.05, 4.69) is 18.3 Å². The van der Waals surface area contributed by atoms with E-state index in [0.29, 0.717) is 0 Å². The minimum Gasteiger partial charge on any atom is -0.377 e. The molecule has 0 saturated carbocycles. The van der Waals surface area contributed by atoms with E-state index >= 15 is 0 Å². The lowest BCUT2D eigenvalue weighted by Crippen LogP contribution is -1.99. The number of rotatable bonds is 3. The second-order valence-electron chi connectivity index (χ2n) is 2.39. The van der Waals surface area contributed by atoms with Crippen LogP contribution in [0.2, 0.25) is 0 Å². The normalized spacial score (nSPS) is 9.64. The summed E-state index contributed by atoms with van der Waals surface area (Å²) in [6.45, 7) is 2.10. The van der Waals surface area contributed by atoms with Gasteiger partial charge in [-0.3, -0.25) is 0 Å². The highest BCUT2D eigenvalue weighted by atomic mass is 16.3. The zero-order valence-electron chi connectivity index (χ0n) is 6.67. The Kier molecular flexibility index (Phi) is 2.93. The first-order valence-electron chi connectivity index (χ1n) is 3.80. The Bertz CT molecular complexity index is 223. The molecule has 1 aromatic carbocycles. The quantitative estimate of drug-likeness (QED) is 0.643. The third-order valence-corrected chi connectivity index (χ3v) is 1.62. The molecule has 0 aliphatic rings. The average molecular weight is 151 g/mol. The van der Waals surface area contributed by atoms with Gasteiger partial charge in [0, 0.05) is 5.69 Å². The van der Waals surface area contributed by atoms with Crippen LogP contribution in [-0.4, -0.2) is 11.8 Å². The van der Waals surface area contributed by atoms with Crippen molar-refractivity contribution in [3.05, 3.63) is 29.8 Å². The highest BCUT2D eigenvalue weighted by molar-refractivity contribution is 5.45. The third kappa shape index (κ3) is 2.24. The third-order valence-electron chi connectivity index (χ3n) is 1.62. The van der Waals surface area contributed by atoms with Crippen molar-refractivity contribution in [1.29, 1.82) is 0 Å². The molecular weight excluding hydrogens is 138 g/mol. The minimum absolute atomic E-state index is 0.00678. The van der Waals surface area contributed by atoms with Crippen LogP contribution in [0.15, 0.2) is 24.3 Å². The average Bonchev–Trinajstić information content (AvgIpc) is 2.06. The van der Waals surface area contributed by atoms with Crippen molar-refractivity contribution in [3.8, 4) is 0 Å². The van der Waals surface area contributed by atoms with Gasteiger partial charge in [-0.05, 0) is 24.1 Å². The number of benzene rings is 1. The van der Waals surface area contributed by atoms with Crippen LogP contribution < -0.4 is 5.32 Å². The van der Waals surface area contributed by atoms with Gasteiger partial charge in [-0.1, -0.05) is 19.1 Å². The van der Waals surface area contributed by atoms with E-state index < -0.39 is 0 Å². The molecule has 0 amide bonds. The Labute approximate surface area is 66.9 Å². The van der Waals surface area contributed by atoms with Gasteiger partial charge in [0.1, 0.15) is 6.73 Å². The first-order chi connectivity index (χ1) is 5.36. The topological polar surface area (TPSA) is 32.3 Å². The van der Waals surface area contributed by atoms with Gasteiger partial charge in [-0.15, -0.1) is 0 Å². The summed E-state index contributed by atoms with van der Waals surface area (Å²) >= 11 is 0. The summed E-state index contributed by atoms with van der Waals surface area (Å²) in [5.74, 6) is 0. The molecule has 2 N–H and O–H groups in total. The van der Waals surface area contributed by atoms with E-state index in [4.69, 9.17) is 5.11 Å². The monoisotopic (exact) mass is 151 g/mol. The van der Waals surface area contributed by atoms with Gasteiger partial charge in [-0.25, -0.2) is 0 Å². The molecule has 2 heteroatoms. The number of aliphatic hydroxyl groups excluding tert-OH is 1. The summed E-state index contributed by atoms with van der Waals surface area (Å²) < 4.78 is 0. The molecule has 60 valence electrons. The highest BCUT2D eigenvalue weighted by Gasteiger charge is 1.90. The maximum Gasteiger partial charge on any atom is 0.113 e. The van der Waals surface area contributed by atoms with Gasteiger partial charge in [0.25, 0.3) is 0 Å². The maximum atomic E-state index is 8.57. The Balaban J connectivity index is 2.74. The summed E-state index contributed by atoms with van der Waals surface area (Å²) in [6, 6.07) is 8.03. The number of hydrogen-bond donors (Lipinski definition) is 2. The zero-order valence-corrected chi connectivity index (χ0v) is 6.67. The number of hydrogen-bond acceptors (Lipinski definition) is 2. The second-order valence-corrected chi connectivity index (χ2v) is 2.39. The van der Waals surface area contributed by atoms with Crippen molar-refractivity contribution in [2.24, 2.45) is 0 Å². The van der Waals surface area contributed by atoms with E-state index in [-0.39, 0.29) is 6.73 Å². The van der Waals surface area contributed by atoms with Gasteiger partial charge in [0.2, 0.25) is 0 Å². The molecule has 0 unspecified atom stereocenters. The molecule has 1 rings (SSSR count). The lowest BCUT2D eigenvalue weighted by Gasteiger charge is -2.03. The van der Waals surface area contributed by atoms with Crippen molar-refractivity contribution >= 4 is 5.69 Å². The summed E-state index contributed by atoms with van der Waals surface area (Å²) in [4.78, 5) is 0. The SMILES string of the molecule is CCc1cccc(NCO)c1. The van der Waals surface area contributed by atoms with E-state index in [1.807, 2.05) is 18.2 Å². The van der Waals surface area contributed by atoms with Crippen LogP contribution >= 0.6 is 0 Å². The van der Waals surface area contributed by atoms with Crippen molar-refractivity contribution in [3.63, 3.8) is 0 Å². The fourth-order valence-electron chi connectivity index (χ4n) is 0.992. The summed E-state index contributed by atoms with van der Waals surface area (Å²) in [5.41, 5.74) is 2.26. The Morgan fingerprint density at radius 2 is 2.27 bits per heavy atom. The maximum absolute atomic E-state index is 8.57. The molecule has 0 radical (unpaired) electrons. The van der Waals surface area contributed by atoms with E-state index in [1.165, 1.54) is 5.56 Å². The van der Waals surface area contributed by atoms with Crippen LogP contribution in [0.25, 0.3) is 0 Å². The number of aryl methyl sites for hydroxylation is 1. The van der Waals surface area contributed by atoms with Gasteiger partial charge in [-0.2, -0.15) is 0 Å². The smallest absolute Gasteiger partial charge is 0.113 e. The molecule has 2 nitrogen and oxygen atoms in total. The summed E-state index contributed by atoms with van der Waals surface area (Å²) in [7, 11) is 0. The number of anilines is 1. The van der Waals surface area contributed by atoms with Gasteiger partial charge in [0.15, 0.2) is 0 Å². The molecule has 0 aromatic heterocycles.